The summed E-state index contributed by atoms with van der Waals surface area (Å²) in [7, 11) is -4.16. The highest BCUT2D eigenvalue weighted by atomic mass is 35.5. The van der Waals surface area contributed by atoms with Gasteiger partial charge in [0.15, 0.2) is 0 Å². The number of rotatable bonds is 11. The first kappa shape index (κ1) is 29.5. The van der Waals surface area contributed by atoms with Crippen molar-refractivity contribution >= 4 is 50.7 Å². The Morgan fingerprint density at radius 1 is 0.974 bits per heavy atom. The zero-order chi connectivity index (χ0) is 27.9. The molecule has 3 aromatic carbocycles. The van der Waals surface area contributed by atoms with Gasteiger partial charge in [0.2, 0.25) is 11.8 Å². The molecule has 0 heterocycles. The molecule has 0 spiro atoms. The minimum atomic E-state index is -4.16. The number of carbonyl (C=O) groups is 2. The summed E-state index contributed by atoms with van der Waals surface area (Å²) >= 11 is 12.3. The van der Waals surface area contributed by atoms with Crippen LogP contribution in [0.1, 0.15) is 31.4 Å². The van der Waals surface area contributed by atoms with Crippen molar-refractivity contribution in [2.45, 2.75) is 44.7 Å². The third-order valence-electron chi connectivity index (χ3n) is 5.99. The zero-order valence-corrected chi connectivity index (χ0v) is 23.9. The van der Waals surface area contributed by atoms with Crippen molar-refractivity contribution in [1.82, 2.24) is 10.2 Å². The maximum atomic E-state index is 13.9. The molecule has 0 bridgehead atoms. The molecule has 0 aliphatic rings. The van der Waals surface area contributed by atoms with E-state index in [1.54, 1.807) is 49.4 Å². The zero-order valence-electron chi connectivity index (χ0n) is 21.5. The van der Waals surface area contributed by atoms with Crippen LogP contribution in [0.2, 0.25) is 10.0 Å². The van der Waals surface area contributed by atoms with E-state index in [1.807, 2.05) is 19.9 Å². The van der Waals surface area contributed by atoms with E-state index in [0.717, 1.165) is 16.3 Å². The van der Waals surface area contributed by atoms with Crippen molar-refractivity contribution in [3.05, 3.63) is 94.0 Å². The van der Waals surface area contributed by atoms with Gasteiger partial charge in [-0.3, -0.25) is 13.9 Å². The van der Waals surface area contributed by atoms with Gasteiger partial charge in [-0.05, 0) is 73.9 Å². The van der Waals surface area contributed by atoms with Crippen LogP contribution >= 0.6 is 23.2 Å². The number of halogens is 2. The van der Waals surface area contributed by atoms with Crippen LogP contribution in [-0.2, 0) is 26.2 Å². The van der Waals surface area contributed by atoms with Crippen molar-refractivity contribution in [2.24, 2.45) is 0 Å². The SMILES string of the molecule is CCCNC(=O)C(C)N(Cc1ccccc1Cl)C(=O)CN(c1cccc(C)c1)S(=O)(=O)c1ccc(Cl)cc1. The van der Waals surface area contributed by atoms with Crippen molar-refractivity contribution in [2.75, 3.05) is 17.4 Å². The van der Waals surface area contributed by atoms with Gasteiger partial charge in [0.1, 0.15) is 12.6 Å². The Bertz CT molecular complexity index is 1380. The van der Waals surface area contributed by atoms with Gasteiger partial charge in [0, 0.05) is 23.1 Å². The van der Waals surface area contributed by atoms with Crippen LogP contribution in [0.3, 0.4) is 0 Å². The summed E-state index contributed by atoms with van der Waals surface area (Å²) in [6.07, 6.45) is 0.734. The van der Waals surface area contributed by atoms with E-state index < -0.39 is 28.5 Å². The highest BCUT2D eigenvalue weighted by Gasteiger charge is 2.32. The van der Waals surface area contributed by atoms with E-state index in [0.29, 0.717) is 27.8 Å². The fraction of sp³-hybridized carbons (Fsp3) is 0.286. The Morgan fingerprint density at radius 2 is 1.66 bits per heavy atom. The maximum absolute atomic E-state index is 13.9. The fourth-order valence-electron chi connectivity index (χ4n) is 3.83. The molecular formula is C28H31Cl2N3O4S. The van der Waals surface area contributed by atoms with Crippen LogP contribution in [0.4, 0.5) is 5.69 Å². The van der Waals surface area contributed by atoms with Crippen molar-refractivity contribution in [3.63, 3.8) is 0 Å². The standard InChI is InChI=1S/C28H31Cl2N3O4S/c1-4-16-31-28(35)21(3)32(18-22-9-5-6-11-26(22)30)27(34)19-33(24-10-7-8-20(2)17-24)38(36,37)25-14-12-23(29)13-15-25/h5-15,17,21H,4,16,18-19H2,1-3H3,(H,31,35). The monoisotopic (exact) mass is 575 g/mol. The van der Waals surface area contributed by atoms with Gasteiger partial charge in [-0.15, -0.1) is 0 Å². The molecule has 10 heteroatoms. The topological polar surface area (TPSA) is 86.8 Å². The summed E-state index contributed by atoms with van der Waals surface area (Å²) in [4.78, 5) is 28.1. The second-order valence-electron chi connectivity index (χ2n) is 8.88. The second kappa shape index (κ2) is 13.1. The third-order valence-corrected chi connectivity index (χ3v) is 8.39. The molecule has 3 aromatic rings. The number of benzene rings is 3. The number of aryl methyl sites for hydroxylation is 1. The molecule has 202 valence electrons. The minimum absolute atomic E-state index is 0.0115. The van der Waals surface area contributed by atoms with Gasteiger partial charge in [-0.1, -0.05) is 60.5 Å². The fourth-order valence-corrected chi connectivity index (χ4v) is 5.56. The van der Waals surface area contributed by atoms with Crippen LogP contribution in [0.25, 0.3) is 0 Å². The number of hydrogen-bond donors (Lipinski definition) is 1. The molecule has 1 N–H and O–H groups in total. The maximum Gasteiger partial charge on any atom is 0.264 e. The summed E-state index contributed by atoms with van der Waals surface area (Å²) in [6, 6.07) is 18.8. The van der Waals surface area contributed by atoms with Crippen LogP contribution in [-0.4, -0.2) is 44.3 Å². The van der Waals surface area contributed by atoms with Gasteiger partial charge in [0.05, 0.1) is 10.6 Å². The first-order chi connectivity index (χ1) is 18.0. The Labute approximate surface area is 234 Å². The van der Waals surface area contributed by atoms with Gasteiger partial charge in [-0.2, -0.15) is 0 Å². The van der Waals surface area contributed by atoms with E-state index in [-0.39, 0.29) is 17.3 Å². The molecule has 0 aliphatic heterocycles. The molecule has 0 aliphatic carbocycles. The molecule has 0 saturated carbocycles. The minimum Gasteiger partial charge on any atom is -0.354 e. The average Bonchev–Trinajstić information content (AvgIpc) is 2.89. The van der Waals surface area contributed by atoms with E-state index in [2.05, 4.69) is 5.32 Å². The number of carbonyl (C=O) groups excluding carboxylic acids is 2. The van der Waals surface area contributed by atoms with Gasteiger partial charge in [-0.25, -0.2) is 8.42 Å². The first-order valence-corrected chi connectivity index (χ1v) is 14.4. The summed E-state index contributed by atoms with van der Waals surface area (Å²) in [5.74, 6) is -0.891. The lowest BCUT2D eigenvalue weighted by molar-refractivity contribution is -0.139. The number of amides is 2. The second-order valence-corrected chi connectivity index (χ2v) is 11.6. The normalized spacial score (nSPS) is 12.0. The molecule has 38 heavy (non-hydrogen) atoms. The van der Waals surface area contributed by atoms with E-state index >= 15 is 0 Å². The largest absolute Gasteiger partial charge is 0.354 e. The Balaban J connectivity index is 2.03. The smallest absolute Gasteiger partial charge is 0.264 e. The van der Waals surface area contributed by atoms with Gasteiger partial charge < -0.3 is 10.2 Å². The van der Waals surface area contributed by atoms with Crippen LogP contribution in [0.5, 0.6) is 0 Å². The Morgan fingerprint density at radius 3 is 2.29 bits per heavy atom. The molecule has 0 radical (unpaired) electrons. The van der Waals surface area contributed by atoms with Crippen LogP contribution in [0, 0.1) is 6.92 Å². The summed E-state index contributed by atoms with van der Waals surface area (Å²) in [6.45, 7) is 5.34. The van der Waals surface area contributed by atoms with Crippen molar-refractivity contribution in [3.8, 4) is 0 Å². The average molecular weight is 577 g/mol. The highest BCUT2D eigenvalue weighted by Crippen LogP contribution is 2.27. The van der Waals surface area contributed by atoms with E-state index in [9.17, 15) is 18.0 Å². The van der Waals surface area contributed by atoms with Crippen molar-refractivity contribution in [1.29, 1.82) is 0 Å². The lowest BCUT2D eigenvalue weighted by Gasteiger charge is -2.32. The lowest BCUT2D eigenvalue weighted by Crippen LogP contribution is -2.51. The third kappa shape index (κ3) is 7.28. The van der Waals surface area contributed by atoms with E-state index in [1.165, 1.54) is 29.2 Å². The molecule has 3 rings (SSSR count). The molecular weight excluding hydrogens is 545 g/mol. The highest BCUT2D eigenvalue weighted by molar-refractivity contribution is 7.92. The Kier molecular flexibility index (Phi) is 10.2. The van der Waals surface area contributed by atoms with Crippen LogP contribution in [0.15, 0.2) is 77.7 Å². The van der Waals surface area contributed by atoms with Gasteiger partial charge in [0.25, 0.3) is 10.0 Å². The van der Waals surface area contributed by atoms with Gasteiger partial charge >= 0.3 is 0 Å². The predicted molar refractivity (Wildman–Crippen MR) is 152 cm³/mol. The van der Waals surface area contributed by atoms with Crippen molar-refractivity contribution < 1.29 is 18.0 Å². The van der Waals surface area contributed by atoms with Crippen LogP contribution < -0.4 is 9.62 Å². The predicted octanol–water partition coefficient (Wildman–Crippen LogP) is 5.44. The molecule has 0 fully saturated rings. The Hall–Kier alpha value is -3.07. The number of nitrogens with zero attached hydrogens (tertiary/aromatic N) is 2. The lowest BCUT2D eigenvalue weighted by atomic mass is 10.1. The number of hydrogen-bond acceptors (Lipinski definition) is 4. The number of sulfonamides is 1. The molecule has 2 amide bonds. The quantitative estimate of drug-likeness (QED) is 0.330. The summed E-state index contributed by atoms with van der Waals surface area (Å²) in [5.41, 5.74) is 1.79. The molecule has 1 atom stereocenters. The molecule has 1 unspecified atom stereocenters. The summed E-state index contributed by atoms with van der Waals surface area (Å²) in [5, 5.41) is 3.64. The molecule has 7 nitrogen and oxygen atoms in total. The first-order valence-electron chi connectivity index (χ1n) is 12.2. The van der Waals surface area contributed by atoms with E-state index in [4.69, 9.17) is 23.2 Å². The molecule has 0 saturated heterocycles. The number of nitrogens with one attached hydrogen (secondary N) is 1. The number of anilines is 1. The molecule has 0 aromatic heterocycles. The summed E-state index contributed by atoms with van der Waals surface area (Å²) < 4.78 is 28.6.